The van der Waals surface area contributed by atoms with Crippen LogP contribution in [0.2, 0.25) is 0 Å². The van der Waals surface area contributed by atoms with Crippen molar-refractivity contribution < 1.29 is 80.2 Å². The molecule has 0 saturated carbocycles. The molecule has 0 aliphatic heterocycles. The predicted octanol–water partition coefficient (Wildman–Crippen LogP) is 19.6. The molecule has 0 amide bonds. The van der Waals surface area contributed by atoms with Gasteiger partial charge in [-0.1, -0.05) is 263 Å². The highest BCUT2D eigenvalue weighted by Crippen LogP contribution is 2.45. The van der Waals surface area contributed by atoms with Crippen LogP contribution in [0.15, 0.2) is 48.6 Å². The number of rotatable bonds is 67. The number of esters is 4. The Hall–Kier alpha value is -2.98. The zero-order valence-corrected chi connectivity index (χ0v) is 59.0. The number of phosphoric ester groups is 2. The van der Waals surface area contributed by atoms with Crippen molar-refractivity contribution in [1.82, 2.24) is 0 Å². The van der Waals surface area contributed by atoms with Crippen molar-refractivity contribution in [2.45, 2.75) is 335 Å². The number of aliphatic hydroxyl groups excluding tert-OH is 1. The Labute approximate surface area is 547 Å². The molecule has 6 atom stereocenters. The summed E-state index contributed by atoms with van der Waals surface area (Å²) in [6.07, 6.45) is 55.7. The highest BCUT2D eigenvalue weighted by Gasteiger charge is 2.30. The Morgan fingerprint density at radius 2 is 0.622 bits per heavy atom. The maximum Gasteiger partial charge on any atom is 0.472 e. The molecule has 90 heavy (non-hydrogen) atoms. The maximum absolute atomic E-state index is 13.0. The molecule has 0 aromatic carbocycles. The lowest BCUT2D eigenvalue weighted by Gasteiger charge is -2.21. The van der Waals surface area contributed by atoms with Gasteiger partial charge in [0, 0.05) is 25.7 Å². The second-order valence-corrected chi connectivity index (χ2v) is 27.4. The second-order valence-electron chi connectivity index (χ2n) is 24.5. The van der Waals surface area contributed by atoms with Crippen molar-refractivity contribution in [1.29, 1.82) is 0 Å². The molecule has 0 bridgehead atoms. The third-order valence-corrected chi connectivity index (χ3v) is 17.5. The highest BCUT2D eigenvalue weighted by atomic mass is 31.2. The lowest BCUT2D eigenvalue weighted by Crippen LogP contribution is -2.30. The number of hydrogen-bond acceptors (Lipinski definition) is 15. The van der Waals surface area contributed by atoms with E-state index in [1.54, 1.807) is 0 Å². The lowest BCUT2D eigenvalue weighted by molar-refractivity contribution is -0.161. The van der Waals surface area contributed by atoms with Gasteiger partial charge in [-0.2, -0.15) is 0 Å². The molecule has 0 aromatic heterocycles. The molecular formula is C71H130O17P2. The predicted molar refractivity (Wildman–Crippen MR) is 363 cm³/mol. The fraction of sp³-hybridized carbons (Fsp3) is 0.831. The quantitative estimate of drug-likeness (QED) is 0.0169. The van der Waals surface area contributed by atoms with Crippen LogP contribution < -0.4 is 0 Å². The number of ether oxygens (including phenoxy) is 4. The van der Waals surface area contributed by atoms with Gasteiger partial charge in [0.25, 0.3) is 0 Å². The van der Waals surface area contributed by atoms with Gasteiger partial charge >= 0.3 is 39.5 Å². The summed E-state index contributed by atoms with van der Waals surface area (Å²) in [7, 11) is -9.92. The Kier molecular flexibility index (Phi) is 61.3. The zero-order valence-electron chi connectivity index (χ0n) is 57.2. The summed E-state index contributed by atoms with van der Waals surface area (Å²) < 4.78 is 68.1. The fourth-order valence-corrected chi connectivity index (χ4v) is 11.3. The largest absolute Gasteiger partial charge is 0.472 e. The molecule has 3 N–H and O–H groups in total. The van der Waals surface area contributed by atoms with Crippen LogP contribution in [0.4, 0.5) is 0 Å². The summed E-state index contributed by atoms with van der Waals surface area (Å²) >= 11 is 0. The van der Waals surface area contributed by atoms with E-state index < -0.39 is 97.5 Å². The molecule has 0 heterocycles. The van der Waals surface area contributed by atoms with Gasteiger partial charge in [0.05, 0.1) is 26.4 Å². The second kappa shape index (κ2) is 63.4. The first-order valence-corrected chi connectivity index (χ1v) is 38.8. The topological polar surface area (TPSA) is 237 Å². The minimum atomic E-state index is -4.97. The molecule has 3 unspecified atom stereocenters. The van der Waals surface area contributed by atoms with Gasteiger partial charge in [0.2, 0.25) is 0 Å². The first-order chi connectivity index (χ1) is 43.6. The zero-order chi connectivity index (χ0) is 66.3. The van der Waals surface area contributed by atoms with Gasteiger partial charge in [-0.15, -0.1) is 0 Å². The van der Waals surface area contributed by atoms with E-state index in [4.69, 9.17) is 37.0 Å². The van der Waals surface area contributed by atoms with E-state index in [0.29, 0.717) is 25.7 Å². The van der Waals surface area contributed by atoms with Crippen molar-refractivity contribution in [3.8, 4) is 0 Å². The van der Waals surface area contributed by atoms with Gasteiger partial charge in [-0.25, -0.2) is 9.13 Å². The fourth-order valence-electron chi connectivity index (χ4n) is 9.71. The minimum Gasteiger partial charge on any atom is -0.462 e. The van der Waals surface area contributed by atoms with Crippen LogP contribution in [0, 0.1) is 5.92 Å². The molecule has 17 nitrogen and oxygen atoms in total. The molecule has 0 aliphatic rings. The number of carbonyl (C=O) groups is 4. The monoisotopic (exact) mass is 1320 g/mol. The van der Waals surface area contributed by atoms with E-state index in [1.807, 2.05) is 0 Å². The van der Waals surface area contributed by atoms with Crippen molar-refractivity contribution >= 4 is 39.5 Å². The van der Waals surface area contributed by atoms with Crippen molar-refractivity contribution in [3.05, 3.63) is 48.6 Å². The van der Waals surface area contributed by atoms with Crippen LogP contribution in [0.5, 0.6) is 0 Å². The van der Waals surface area contributed by atoms with E-state index >= 15 is 0 Å². The van der Waals surface area contributed by atoms with Crippen LogP contribution in [-0.2, 0) is 65.4 Å². The first kappa shape index (κ1) is 87.0. The van der Waals surface area contributed by atoms with E-state index in [0.717, 1.165) is 134 Å². The molecule has 0 aliphatic carbocycles. The summed E-state index contributed by atoms with van der Waals surface area (Å²) in [6.45, 7) is 7.08. The molecule has 0 radical (unpaired) electrons. The SMILES string of the molecule is CCCCCC/C=C\C=C/CCCCCCCC(=O)OC[C@H](COP(=O)(O)OC[C@@H](O)COP(=O)(O)OC[C@@H](COC(=O)CCCCCCCCCC)OC(=O)CCCCCCCCCCC(C)CC)OC(=O)CCCCCCC/C=C\C=C/CCCCCC. The smallest absolute Gasteiger partial charge is 0.462 e. The molecular weight excluding hydrogens is 1190 g/mol. The molecule has 0 fully saturated rings. The van der Waals surface area contributed by atoms with E-state index in [2.05, 4.69) is 83.2 Å². The van der Waals surface area contributed by atoms with Crippen molar-refractivity contribution in [3.63, 3.8) is 0 Å². The maximum atomic E-state index is 13.0. The van der Waals surface area contributed by atoms with Gasteiger partial charge in [-0.05, 0) is 83.0 Å². The summed E-state index contributed by atoms with van der Waals surface area (Å²) in [5.41, 5.74) is 0. The Morgan fingerprint density at radius 3 is 0.944 bits per heavy atom. The number of phosphoric acid groups is 2. The van der Waals surface area contributed by atoms with Gasteiger partial charge in [0.1, 0.15) is 19.3 Å². The lowest BCUT2D eigenvalue weighted by atomic mass is 9.99. The minimum absolute atomic E-state index is 0.0781. The third-order valence-electron chi connectivity index (χ3n) is 15.6. The van der Waals surface area contributed by atoms with Gasteiger partial charge in [0.15, 0.2) is 12.2 Å². The summed E-state index contributed by atoms with van der Waals surface area (Å²) in [4.78, 5) is 72.4. The molecule has 0 aromatic rings. The standard InChI is InChI=1S/C71H130O17P2/c1-6-10-13-16-19-22-24-26-28-30-32-34-40-45-50-55-69(74)82-61-67(87-70(75)56-51-46-41-35-33-31-29-27-25-23-20-17-14-11-7-2)63-86-90(79,80)84-59-65(72)58-83-89(77,78)85-62-66(60-81-68(73)54-49-44-39-21-18-15-12-8-3)88-71(76)57-52-47-42-37-36-38-43-48-53-64(5)9-4/h22-29,64-67,72H,6-21,30-63H2,1-5H3,(H,77,78)(H,79,80)/b24-22-,25-23-,28-26-,29-27-/t64?,65-,66+,67+/m0/s1. The van der Waals surface area contributed by atoms with Crippen LogP contribution in [0.1, 0.15) is 317 Å². The number of hydrogen-bond donors (Lipinski definition) is 3. The summed E-state index contributed by atoms with van der Waals surface area (Å²) in [6, 6.07) is 0. The number of unbranched alkanes of at least 4 members (excludes halogenated alkanes) is 32. The number of aliphatic hydroxyl groups is 1. The Balaban J connectivity index is 5.31. The van der Waals surface area contributed by atoms with Gasteiger partial charge < -0.3 is 33.8 Å². The third kappa shape index (κ3) is 62.5. The Bertz CT molecular complexity index is 1930. The summed E-state index contributed by atoms with van der Waals surface area (Å²) in [5.74, 6) is -1.42. The van der Waals surface area contributed by atoms with E-state index in [1.165, 1.54) is 103 Å². The molecule has 526 valence electrons. The van der Waals surface area contributed by atoms with Crippen LogP contribution in [0.3, 0.4) is 0 Å². The normalized spacial score (nSPS) is 14.7. The van der Waals surface area contributed by atoms with E-state index in [-0.39, 0.29) is 25.7 Å². The van der Waals surface area contributed by atoms with Crippen LogP contribution >= 0.6 is 15.6 Å². The van der Waals surface area contributed by atoms with Crippen LogP contribution in [-0.4, -0.2) is 96.7 Å². The van der Waals surface area contributed by atoms with Crippen molar-refractivity contribution in [2.24, 2.45) is 5.92 Å². The Morgan fingerprint density at radius 1 is 0.356 bits per heavy atom. The number of allylic oxidation sites excluding steroid dienone is 8. The first-order valence-electron chi connectivity index (χ1n) is 35.8. The summed E-state index contributed by atoms with van der Waals surface area (Å²) in [5, 5.41) is 10.6. The average Bonchev–Trinajstić information content (AvgIpc) is 3.36. The molecule has 0 spiro atoms. The molecule has 0 rings (SSSR count). The average molecular weight is 1320 g/mol. The van der Waals surface area contributed by atoms with Crippen molar-refractivity contribution in [2.75, 3.05) is 39.6 Å². The van der Waals surface area contributed by atoms with E-state index in [9.17, 15) is 43.2 Å². The molecule has 0 saturated heterocycles. The highest BCUT2D eigenvalue weighted by molar-refractivity contribution is 7.47. The van der Waals surface area contributed by atoms with Crippen LogP contribution in [0.25, 0.3) is 0 Å². The molecule has 19 heteroatoms. The van der Waals surface area contributed by atoms with Gasteiger partial charge in [-0.3, -0.25) is 37.3 Å². The number of carbonyl (C=O) groups excluding carboxylic acids is 4.